The molecular weight excluding hydrogens is 334 g/mol. The van der Waals surface area contributed by atoms with E-state index in [4.69, 9.17) is 0 Å². The number of ketones is 2. The lowest BCUT2D eigenvalue weighted by molar-refractivity contribution is -0.124. The van der Waals surface area contributed by atoms with E-state index in [-0.39, 0.29) is 18.2 Å². The highest BCUT2D eigenvalue weighted by Crippen LogP contribution is 2.32. The van der Waals surface area contributed by atoms with Crippen molar-refractivity contribution in [1.82, 2.24) is 0 Å². The first-order valence-electron chi connectivity index (χ1n) is 7.26. The van der Waals surface area contributed by atoms with Gasteiger partial charge in [0.25, 0.3) is 11.7 Å². The predicted octanol–water partition coefficient (Wildman–Crippen LogP) is 3.13. The van der Waals surface area contributed by atoms with Crippen molar-refractivity contribution >= 4 is 39.1 Å². The van der Waals surface area contributed by atoms with E-state index in [1.54, 1.807) is 18.2 Å². The van der Waals surface area contributed by atoms with Gasteiger partial charge in [-0.1, -0.05) is 35.2 Å². The molecule has 0 spiro atoms. The number of fused-ring (bicyclic) bond motifs is 1. The Kier molecular flexibility index (Phi) is 3.93. The third kappa shape index (κ3) is 2.67. The van der Waals surface area contributed by atoms with Crippen LogP contribution >= 0.6 is 15.9 Å². The van der Waals surface area contributed by atoms with E-state index in [1.807, 2.05) is 0 Å². The highest BCUT2D eigenvalue weighted by Gasteiger charge is 2.37. The second-order valence-electron chi connectivity index (χ2n) is 5.68. The lowest BCUT2D eigenvalue weighted by Gasteiger charge is -2.23. The Labute approximate surface area is 131 Å². The number of hydrogen-bond donors (Lipinski definition) is 0. The quantitative estimate of drug-likeness (QED) is 0.787. The number of Topliss-reactive ketones (excluding diaryl/α,β-unsaturated/α-hetero) is 2. The van der Waals surface area contributed by atoms with Gasteiger partial charge in [0.2, 0.25) is 0 Å². The molecule has 0 unspecified atom stereocenters. The minimum atomic E-state index is -0.591. The SMILES string of the molecule is O=C1C(=O)N(CC(=O)C2CCCCC2)c2ccc(Br)cc21. The zero-order valence-electron chi connectivity index (χ0n) is 11.6. The lowest BCUT2D eigenvalue weighted by atomic mass is 9.86. The molecule has 2 aliphatic rings. The third-order valence-corrected chi connectivity index (χ3v) is 4.80. The Bertz CT molecular complexity index is 620. The summed E-state index contributed by atoms with van der Waals surface area (Å²) in [5, 5.41) is 0. The van der Waals surface area contributed by atoms with E-state index in [9.17, 15) is 14.4 Å². The minimum absolute atomic E-state index is 0.0177. The Morgan fingerprint density at radius 1 is 1.19 bits per heavy atom. The molecule has 1 aliphatic heterocycles. The number of benzene rings is 1. The van der Waals surface area contributed by atoms with E-state index in [0.29, 0.717) is 11.3 Å². The average Bonchev–Trinajstić information content (AvgIpc) is 2.73. The smallest absolute Gasteiger partial charge is 0.297 e. The van der Waals surface area contributed by atoms with Gasteiger partial charge in [0, 0.05) is 10.4 Å². The first-order chi connectivity index (χ1) is 10.1. The maximum atomic E-state index is 12.4. The molecule has 0 N–H and O–H groups in total. The van der Waals surface area contributed by atoms with Crippen molar-refractivity contribution in [3.05, 3.63) is 28.2 Å². The molecule has 3 rings (SSSR count). The molecule has 110 valence electrons. The molecule has 1 fully saturated rings. The van der Waals surface area contributed by atoms with Gasteiger partial charge in [0.1, 0.15) is 0 Å². The predicted molar refractivity (Wildman–Crippen MR) is 82.4 cm³/mol. The van der Waals surface area contributed by atoms with Crippen molar-refractivity contribution in [3.8, 4) is 0 Å². The summed E-state index contributed by atoms with van der Waals surface area (Å²) < 4.78 is 0.753. The van der Waals surface area contributed by atoms with Crippen molar-refractivity contribution in [1.29, 1.82) is 0 Å². The molecule has 0 aromatic heterocycles. The van der Waals surface area contributed by atoms with Crippen LogP contribution in [0.5, 0.6) is 0 Å². The third-order valence-electron chi connectivity index (χ3n) is 4.31. The fourth-order valence-corrected chi connectivity index (χ4v) is 3.50. The molecule has 21 heavy (non-hydrogen) atoms. The molecule has 1 heterocycles. The highest BCUT2D eigenvalue weighted by atomic mass is 79.9. The zero-order valence-corrected chi connectivity index (χ0v) is 13.2. The van der Waals surface area contributed by atoms with Crippen LogP contribution in [0.2, 0.25) is 0 Å². The van der Waals surface area contributed by atoms with Crippen LogP contribution in [-0.4, -0.2) is 24.0 Å². The molecular formula is C16H16BrNO3. The van der Waals surface area contributed by atoms with Crippen molar-refractivity contribution in [3.63, 3.8) is 0 Å². The van der Waals surface area contributed by atoms with Gasteiger partial charge < -0.3 is 0 Å². The number of amides is 1. The molecule has 1 amide bonds. The Hall–Kier alpha value is -1.49. The van der Waals surface area contributed by atoms with E-state index < -0.39 is 11.7 Å². The second kappa shape index (κ2) is 5.72. The molecule has 0 radical (unpaired) electrons. The molecule has 0 atom stereocenters. The van der Waals surface area contributed by atoms with Crippen LogP contribution in [-0.2, 0) is 9.59 Å². The topological polar surface area (TPSA) is 54.5 Å². The maximum Gasteiger partial charge on any atom is 0.299 e. The van der Waals surface area contributed by atoms with Gasteiger partial charge in [-0.15, -0.1) is 0 Å². The number of carbonyl (C=O) groups is 3. The molecule has 1 aromatic rings. The summed E-state index contributed by atoms with van der Waals surface area (Å²) in [7, 11) is 0. The normalized spacial score (nSPS) is 19.0. The van der Waals surface area contributed by atoms with Crippen LogP contribution in [0.3, 0.4) is 0 Å². The second-order valence-corrected chi connectivity index (χ2v) is 6.60. The van der Waals surface area contributed by atoms with E-state index in [2.05, 4.69) is 15.9 Å². The summed E-state index contributed by atoms with van der Waals surface area (Å²) >= 11 is 3.30. The average molecular weight is 350 g/mol. The molecule has 1 aromatic carbocycles. The van der Waals surface area contributed by atoms with Crippen molar-refractivity contribution in [2.45, 2.75) is 32.1 Å². The summed E-state index contributed by atoms with van der Waals surface area (Å²) in [6.45, 7) is 0.0177. The summed E-state index contributed by atoms with van der Waals surface area (Å²) in [6.07, 6.45) is 5.14. The van der Waals surface area contributed by atoms with Crippen LogP contribution in [0.25, 0.3) is 0 Å². The maximum absolute atomic E-state index is 12.4. The van der Waals surface area contributed by atoms with Crippen LogP contribution in [0.1, 0.15) is 42.5 Å². The van der Waals surface area contributed by atoms with Gasteiger partial charge >= 0.3 is 0 Å². The van der Waals surface area contributed by atoms with Gasteiger partial charge in [-0.05, 0) is 31.0 Å². The van der Waals surface area contributed by atoms with Gasteiger partial charge in [-0.3, -0.25) is 19.3 Å². The lowest BCUT2D eigenvalue weighted by Crippen LogP contribution is -2.37. The van der Waals surface area contributed by atoms with E-state index in [0.717, 1.165) is 30.2 Å². The van der Waals surface area contributed by atoms with Gasteiger partial charge in [0.15, 0.2) is 5.78 Å². The van der Waals surface area contributed by atoms with E-state index in [1.165, 1.54) is 11.3 Å². The van der Waals surface area contributed by atoms with Crippen molar-refractivity contribution in [2.75, 3.05) is 11.4 Å². The summed E-state index contributed by atoms with van der Waals surface area (Å²) in [4.78, 5) is 37.8. The molecule has 5 heteroatoms. The number of halogens is 1. The fourth-order valence-electron chi connectivity index (χ4n) is 3.14. The first kappa shape index (κ1) is 14.4. The largest absolute Gasteiger partial charge is 0.299 e. The summed E-state index contributed by atoms with van der Waals surface area (Å²) in [5.41, 5.74) is 0.933. The van der Waals surface area contributed by atoms with Gasteiger partial charge in [0.05, 0.1) is 17.8 Å². The fraction of sp³-hybridized carbons (Fsp3) is 0.438. The van der Waals surface area contributed by atoms with E-state index >= 15 is 0 Å². The minimum Gasteiger partial charge on any atom is -0.297 e. The zero-order chi connectivity index (χ0) is 15.0. The van der Waals surface area contributed by atoms with Crippen LogP contribution in [0, 0.1) is 5.92 Å². The molecule has 1 saturated carbocycles. The number of anilines is 1. The molecule has 0 bridgehead atoms. The summed E-state index contributed by atoms with van der Waals surface area (Å²) in [5.74, 6) is -0.997. The van der Waals surface area contributed by atoms with Crippen molar-refractivity contribution < 1.29 is 14.4 Å². The standard InChI is InChI=1S/C16H16BrNO3/c17-11-6-7-13-12(8-11)15(20)16(21)18(13)9-14(19)10-4-2-1-3-5-10/h6-8,10H,1-5,9H2. The summed E-state index contributed by atoms with van der Waals surface area (Å²) in [6, 6.07) is 5.14. The van der Waals surface area contributed by atoms with Crippen LogP contribution in [0.4, 0.5) is 5.69 Å². The highest BCUT2D eigenvalue weighted by molar-refractivity contribution is 9.10. The van der Waals surface area contributed by atoms with Gasteiger partial charge in [-0.2, -0.15) is 0 Å². The molecule has 1 aliphatic carbocycles. The Morgan fingerprint density at radius 3 is 2.62 bits per heavy atom. The van der Waals surface area contributed by atoms with Crippen molar-refractivity contribution in [2.24, 2.45) is 5.92 Å². The number of nitrogens with zero attached hydrogens (tertiary/aromatic N) is 1. The van der Waals surface area contributed by atoms with Crippen LogP contribution in [0.15, 0.2) is 22.7 Å². The first-order valence-corrected chi connectivity index (χ1v) is 8.05. The van der Waals surface area contributed by atoms with Gasteiger partial charge in [-0.25, -0.2) is 0 Å². The van der Waals surface area contributed by atoms with Crippen LogP contribution < -0.4 is 4.90 Å². The Balaban J connectivity index is 1.81. The number of hydrogen-bond acceptors (Lipinski definition) is 3. The monoisotopic (exact) mass is 349 g/mol. The number of rotatable bonds is 3. The molecule has 0 saturated heterocycles. The Morgan fingerprint density at radius 2 is 1.90 bits per heavy atom. The molecule has 4 nitrogen and oxygen atoms in total. The number of carbonyl (C=O) groups excluding carboxylic acids is 3.